The van der Waals surface area contributed by atoms with Gasteiger partial charge in [-0.25, -0.2) is 13.2 Å². The van der Waals surface area contributed by atoms with Crippen LogP contribution >= 0.6 is 0 Å². The van der Waals surface area contributed by atoms with E-state index in [0.717, 1.165) is 22.3 Å². The summed E-state index contributed by atoms with van der Waals surface area (Å²) in [5.74, 6) is -0.513. The van der Waals surface area contributed by atoms with Gasteiger partial charge < -0.3 is 9.15 Å². The molecule has 0 aliphatic carbocycles. The summed E-state index contributed by atoms with van der Waals surface area (Å²) in [4.78, 5) is 12.5. The van der Waals surface area contributed by atoms with Gasteiger partial charge in [-0.1, -0.05) is 72.8 Å². The predicted molar refractivity (Wildman–Crippen MR) is 161 cm³/mol. The van der Waals surface area contributed by atoms with Gasteiger partial charge in [0.1, 0.15) is 5.58 Å². The van der Waals surface area contributed by atoms with E-state index in [1.165, 1.54) is 10.4 Å². The fourth-order valence-corrected chi connectivity index (χ4v) is 6.36. The van der Waals surface area contributed by atoms with Gasteiger partial charge in [-0.3, -0.25) is 0 Å². The summed E-state index contributed by atoms with van der Waals surface area (Å²) in [6, 6.07) is 31.6. The molecule has 0 fully saturated rings. The Morgan fingerprint density at radius 3 is 2.36 bits per heavy atom. The van der Waals surface area contributed by atoms with Crippen LogP contribution in [0.3, 0.4) is 0 Å². The molecule has 1 heterocycles. The molecule has 5 rings (SSSR count). The van der Waals surface area contributed by atoms with Crippen molar-refractivity contribution in [3.8, 4) is 17.2 Å². The third-order valence-corrected chi connectivity index (χ3v) is 9.01. The first kappa shape index (κ1) is 28.8. The normalized spacial score (nSPS) is 11.5. The summed E-state index contributed by atoms with van der Waals surface area (Å²) < 4.78 is 40.5. The molecule has 0 aliphatic heterocycles. The number of aryl methyl sites for hydroxylation is 1. The molecule has 0 radical (unpaired) electrons. The van der Waals surface area contributed by atoms with Gasteiger partial charge in [0.25, 0.3) is 0 Å². The Kier molecular flexibility index (Phi) is 8.53. The fourth-order valence-electron chi connectivity index (χ4n) is 4.91. The number of carbonyl (C=O) groups excluding carboxylic acids is 1. The highest BCUT2D eigenvalue weighted by molar-refractivity contribution is 7.89. The van der Waals surface area contributed by atoms with Crippen LogP contribution in [0.4, 0.5) is 0 Å². The molecule has 0 saturated carbocycles. The number of fused-ring (bicyclic) bond motifs is 1. The average Bonchev–Trinajstić information content (AvgIpc) is 3.35. The van der Waals surface area contributed by atoms with E-state index >= 15 is 0 Å². The van der Waals surface area contributed by atoms with Crippen LogP contribution in [0.25, 0.3) is 22.1 Å². The molecule has 0 amide bonds. The van der Waals surface area contributed by atoms with Gasteiger partial charge in [-0.2, -0.15) is 9.57 Å². The van der Waals surface area contributed by atoms with Crippen molar-refractivity contribution >= 4 is 27.0 Å². The Balaban J connectivity index is 1.47. The molecule has 1 aromatic heterocycles. The Hall–Kier alpha value is -4.71. The molecule has 4 aromatic carbocycles. The van der Waals surface area contributed by atoms with E-state index in [0.29, 0.717) is 28.5 Å². The van der Waals surface area contributed by atoms with Crippen molar-refractivity contribution in [3.05, 3.63) is 125 Å². The quantitative estimate of drug-likeness (QED) is 0.167. The van der Waals surface area contributed by atoms with Crippen molar-refractivity contribution in [2.75, 3.05) is 13.2 Å². The number of carbonyl (C=O) groups is 1. The minimum atomic E-state index is -3.94. The van der Waals surface area contributed by atoms with Gasteiger partial charge in [0.15, 0.2) is 0 Å². The minimum absolute atomic E-state index is 0.0698. The second kappa shape index (κ2) is 12.4. The molecule has 42 heavy (non-hydrogen) atoms. The van der Waals surface area contributed by atoms with Gasteiger partial charge in [0.05, 0.1) is 23.1 Å². The third kappa shape index (κ3) is 5.98. The molecule has 0 aliphatic rings. The number of nitrogens with zero attached hydrogens (tertiary/aromatic N) is 2. The van der Waals surface area contributed by atoms with Gasteiger partial charge in [-0.15, -0.1) is 0 Å². The van der Waals surface area contributed by atoms with Crippen LogP contribution < -0.4 is 0 Å². The van der Waals surface area contributed by atoms with Crippen molar-refractivity contribution in [1.29, 1.82) is 5.26 Å². The first-order valence-electron chi connectivity index (χ1n) is 13.6. The lowest BCUT2D eigenvalue weighted by Crippen LogP contribution is -2.32. The monoisotopic (exact) mass is 578 g/mol. The number of ether oxygens (including phenoxy) is 1. The van der Waals surface area contributed by atoms with Crippen LogP contribution in [-0.4, -0.2) is 31.8 Å². The Labute approximate surface area is 245 Å². The topological polar surface area (TPSA) is 101 Å². The van der Waals surface area contributed by atoms with Crippen LogP contribution in [0.1, 0.15) is 39.7 Å². The highest BCUT2D eigenvalue weighted by Crippen LogP contribution is 2.30. The Morgan fingerprint density at radius 2 is 1.64 bits per heavy atom. The second-order valence-corrected chi connectivity index (χ2v) is 11.8. The van der Waals surface area contributed by atoms with Gasteiger partial charge in [0, 0.05) is 24.0 Å². The smallest absolute Gasteiger partial charge is 0.374 e. The Bertz CT molecular complexity index is 1870. The number of furan rings is 1. The number of hydrogen-bond donors (Lipinski definition) is 0. The SMILES string of the molecule is CCOC(=O)c1oc2ccc(S(=O)(=O)N(CCc3ccccc3)Cc3ccc(-c4ccccc4C#N)cc3)cc2c1C. The van der Waals surface area contributed by atoms with E-state index in [4.69, 9.17) is 9.15 Å². The van der Waals surface area contributed by atoms with Crippen LogP contribution in [-0.2, 0) is 27.7 Å². The summed E-state index contributed by atoms with van der Waals surface area (Å²) in [6.07, 6.45) is 0.535. The molecule has 0 atom stereocenters. The lowest BCUT2D eigenvalue weighted by molar-refractivity contribution is 0.0491. The lowest BCUT2D eigenvalue weighted by Gasteiger charge is -2.23. The highest BCUT2D eigenvalue weighted by Gasteiger charge is 2.27. The molecular formula is C34H30N2O5S. The van der Waals surface area contributed by atoms with Gasteiger partial charge >= 0.3 is 5.97 Å². The number of esters is 1. The maximum absolute atomic E-state index is 14.1. The molecule has 8 heteroatoms. The zero-order valence-electron chi connectivity index (χ0n) is 23.4. The molecule has 212 valence electrons. The van der Waals surface area contributed by atoms with Crippen molar-refractivity contribution in [2.45, 2.75) is 31.7 Å². The maximum atomic E-state index is 14.1. The molecule has 0 saturated heterocycles. The van der Waals surface area contributed by atoms with E-state index in [-0.39, 0.29) is 30.4 Å². The van der Waals surface area contributed by atoms with Crippen molar-refractivity contribution in [2.24, 2.45) is 0 Å². The molecule has 0 bridgehead atoms. The van der Waals surface area contributed by atoms with Gasteiger partial charge in [0.2, 0.25) is 15.8 Å². The molecule has 0 N–H and O–H groups in total. The molecular weight excluding hydrogens is 548 g/mol. The largest absolute Gasteiger partial charge is 0.460 e. The number of nitriles is 1. The van der Waals surface area contributed by atoms with Gasteiger partial charge in [-0.05, 0) is 66.8 Å². The van der Waals surface area contributed by atoms with Crippen molar-refractivity contribution in [1.82, 2.24) is 4.31 Å². The van der Waals surface area contributed by atoms with E-state index in [1.807, 2.05) is 72.8 Å². The van der Waals surface area contributed by atoms with Crippen LogP contribution in [0.5, 0.6) is 0 Å². The number of rotatable bonds is 10. The van der Waals surface area contributed by atoms with E-state index in [9.17, 15) is 18.5 Å². The Morgan fingerprint density at radius 1 is 0.929 bits per heavy atom. The first-order chi connectivity index (χ1) is 20.3. The molecule has 0 spiro atoms. The maximum Gasteiger partial charge on any atom is 0.374 e. The van der Waals surface area contributed by atoms with E-state index in [2.05, 4.69) is 6.07 Å². The number of benzene rings is 4. The average molecular weight is 579 g/mol. The van der Waals surface area contributed by atoms with Crippen LogP contribution in [0.15, 0.2) is 106 Å². The predicted octanol–water partition coefficient (Wildman–Crippen LogP) is 6.89. The lowest BCUT2D eigenvalue weighted by atomic mass is 9.99. The highest BCUT2D eigenvalue weighted by atomic mass is 32.2. The van der Waals surface area contributed by atoms with E-state index in [1.54, 1.807) is 32.0 Å². The summed E-state index contributed by atoms with van der Waals surface area (Å²) in [5, 5.41) is 10.0. The summed E-state index contributed by atoms with van der Waals surface area (Å²) in [7, 11) is -3.94. The standard InChI is InChI=1S/C34H30N2O5S/c1-3-40-34(37)33-24(2)31-21-29(17-18-32(31)41-33)42(38,39)36(20-19-25-9-5-4-6-10-25)23-26-13-15-27(16-14-26)30-12-8-7-11-28(30)22-35/h4-18,21H,3,19-20,23H2,1-2H3. The fraction of sp³-hybridized carbons (Fsp3) is 0.176. The first-order valence-corrected chi connectivity index (χ1v) is 15.1. The van der Waals surface area contributed by atoms with Crippen molar-refractivity contribution < 1.29 is 22.4 Å². The summed E-state index contributed by atoms with van der Waals surface area (Å²) >= 11 is 0. The zero-order chi connectivity index (χ0) is 29.7. The molecule has 7 nitrogen and oxygen atoms in total. The van der Waals surface area contributed by atoms with Crippen LogP contribution in [0, 0.1) is 18.3 Å². The minimum Gasteiger partial charge on any atom is -0.460 e. The molecule has 0 unspecified atom stereocenters. The third-order valence-electron chi connectivity index (χ3n) is 7.17. The number of hydrogen-bond acceptors (Lipinski definition) is 6. The number of sulfonamides is 1. The summed E-state index contributed by atoms with van der Waals surface area (Å²) in [6.45, 7) is 4.06. The van der Waals surface area contributed by atoms with Crippen LogP contribution in [0.2, 0.25) is 0 Å². The molecule has 5 aromatic rings. The van der Waals surface area contributed by atoms with E-state index < -0.39 is 16.0 Å². The second-order valence-electron chi connectivity index (χ2n) is 9.86. The summed E-state index contributed by atoms with van der Waals surface area (Å²) in [5.41, 5.74) is 5.08. The zero-order valence-corrected chi connectivity index (χ0v) is 24.2. The van der Waals surface area contributed by atoms with Crippen molar-refractivity contribution in [3.63, 3.8) is 0 Å².